The van der Waals surface area contributed by atoms with Gasteiger partial charge in [0.1, 0.15) is 6.10 Å². The van der Waals surface area contributed by atoms with Crippen molar-refractivity contribution >= 4 is 0 Å². The average molecular weight is 244 g/mol. The van der Waals surface area contributed by atoms with E-state index in [2.05, 4.69) is 16.3 Å². The molecule has 5 nitrogen and oxygen atoms in total. The summed E-state index contributed by atoms with van der Waals surface area (Å²) in [6, 6.07) is 5.89. The summed E-state index contributed by atoms with van der Waals surface area (Å²) in [5.74, 6) is 0. The van der Waals surface area contributed by atoms with Crippen LogP contribution in [-0.2, 0) is 17.7 Å². The van der Waals surface area contributed by atoms with Gasteiger partial charge >= 0.3 is 0 Å². The van der Waals surface area contributed by atoms with Crippen LogP contribution in [0.1, 0.15) is 23.1 Å². The van der Waals surface area contributed by atoms with Gasteiger partial charge in [-0.15, -0.1) is 0 Å². The Labute approximate surface area is 106 Å². The topological polar surface area (TPSA) is 66.0 Å². The Kier molecular flexibility index (Phi) is 3.08. The zero-order chi connectivity index (χ0) is 12.4. The molecule has 3 heterocycles. The van der Waals surface area contributed by atoms with Gasteiger partial charge in [-0.25, -0.2) is 0 Å². The lowest BCUT2D eigenvalue weighted by Crippen LogP contribution is -2.22. The molecule has 1 aliphatic rings. The normalized spacial score (nSPS) is 18.6. The van der Waals surface area contributed by atoms with Gasteiger partial charge in [-0.2, -0.15) is 5.10 Å². The lowest BCUT2D eigenvalue weighted by atomic mass is 10.1. The summed E-state index contributed by atoms with van der Waals surface area (Å²) < 4.78 is 7.52. The average Bonchev–Trinajstić information content (AvgIpc) is 2.82. The SMILES string of the molecule is NC[C@H]1OCCc2cn(Cc3ccccn3)nc21. The second-order valence-corrected chi connectivity index (χ2v) is 4.40. The van der Waals surface area contributed by atoms with Gasteiger partial charge in [-0.05, 0) is 24.1 Å². The van der Waals surface area contributed by atoms with Crippen molar-refractivity contribution in [3.63, 3.8) is 0 Å². The van der Waals surface area contributed by atoms with E-state index in [0.717, 1.165) is 24.4 Å². The van der Waals surface area contributed by atoms with Gasteiger partial charge in [0.2, 0.25) is 0 Å². The first-order valence-electron chi connectivity index (χ1n) is 6.14. The zero-order valence-corrected chi connectivity index (χ0v) is 10.1. The summed E-state index contributed by atoms with van der Waals surface area (Å²) in [4.78, 5) is 4.30. The molecule has 0 saturated heterocycles. The molecule has 0 saturated carbocycles. The number of pyridine rings is 1. The minimum Gasteiger partial charge on any atom is -0.370 e. The molecule has 0 unspecified atom stereocenters. The number of hydrogen-bond donors (Lipinski definition) is 1. The van der Waals surface area contributed by atoms with Gasteiger partial charge in [0, 0.05) is 18.9 Å². The van der Waals surface area contributed by atoms with Gasteiger partial charge in [0.05, 0.1) is 24.5 Å². The third-order valence-electron chi connectivity index (χ3n) is 3.13. The molecule has 2 aromatic heterocycles. The van der Waals surface area contributed by atoms with Gasteiger partial charge in [0.15, 0.2) is 0 Å². The molecule has 0 aliphatic carbocycles. The van der Waals surface area contributed by atoms with E-state index in [9.17, 15) is 0 Å². The molecule has 0 aromatic carbocycles. The first-order valence-corrected chi connectivity index (χ1v) is 6.14. The minimum atomic E-state index is -0.0567. The van der Waals surface area contributed by atoms with E-state index < -0.39 is 0 Å². The van der Waals surface area contributed by atoms with Crippen molar-refractivity contribution in [2.75, 3.05) is 13.2 Å². The van der Waals surface area contributed by atoms with Crippen LogP contribution in [0, 0.1) is 0 Å². The van der Waals surface area contributed by atoms with Gasteiger partial charge in [-0.1, -0.05) is 6.07 Å². The Balaban J connectivity index is 1.84. The molecular weight excluding hydrogens is 228 g/mol. The molecule has 0 spiro atoms. The number of rotatable bonds is 3. The van der Waals surface area contributed by atoms with Crippen LogP contribution in [0.15, 0.2) is 30.6 Å². The Morgan fingerprint density at radius 3 is 3.17 bits per heavy atom. The van der Waals surface area contributed by atoms with E-state index in [-0.39, 0.29) is 6.10 Å². The first kappa shape index (κ1) is 11.4. The molecular formula is C13H16N4O. The maximum Gasteiger partial charge on any atom is 0.114 e. The molecule has 94 valence electrons. The smallest absolute Gasteiger partial charge is 0.114 e. The predicted octanol–water partition coefficient (Wildman–Crippen LogP) is 0.899. The summed E-state index contributed by atoms with van der Waals surface area (Å²) >= 11 is 0. The Morgan fingerprint density at radius 2 is 2.39 bits per heavy atom. The summed E-state index contributed by atoms with van der Waals surface area (Å²) in [7, 11) is 0. The number of aromatic nitrogens is 3. The fourth-order valence-electron chi connectivity index (χ4n) is 2.25. The monoisotopic (exact) mass is 244 g/mol. The summed E-state index contributed by atoms with van der Waals surface area (Å²) in [6.45, 7) is 1.89. The quantitative estimate of drug-likeness (QED) is 0.871. The molecule has 3 rings (SSSR count). The first-order chi connectivity index (χ1) is 8.86. The maximum atomic E-state index is 5.69. The molecule has 1 atom stereocenters. The van der Waals surface area contributed by atoms with Crippen LogP contribution in [0.25, 0.3) is 0 Å². The summed E-state index contributed by atoms with van der Waals surface area (Å²) in [5.41, 5.74) is 8.92. The molecule has 0 amide bonds. The summed E-state index contributed by atoms with van der Waals surface area (Å²) in [6.07, 6.45) is 4.73. The lowest BCUT2D eigenvalue weighted by Gasteiger charge is -2.19. The van der Waals surface area contributed by atoms with Crippen molar-refractivity contribution in [2.24, 2.45) is 5.73 Å². The Morgan fingerprint density at radius 1 is 1.44 bits per heavy atom. The van der Waals surface area contributed by atoms with Crippen LogP contribution in [0.3, 0.4) is 0 Å². The van der Waals surface area contributed by atoms with Crippen LogP contribution >= 0.6 is 0 Å². The van der Waals surface area contributed by atoms with Gasteiger partial charge in [0.25, 0.3) is 0 Å². The van der Waals surface area contributed by atoms with Crippen LogP contribution in [0.2, 0.25) is 0 Å². The van der Waals surface area contributed by atoms with E-state index in [1.165, 1.54) is 5.56 Å². The van der Waals surface area contributed by atoms with Crippen LogP contribution < -0.4 is 5.73 Å². The highest BCUT2D eigenvalue weighted by Crippen LogP contribution is 2.24. The second-order valence-electron chi connectivity index (χ2n) is 4.40. The molecule has 0 radical (unpaired) electrons. The van der Waals surface area contributed by atoms with Crippen molar-refractivity contribution in [2.45, 2.75) is 19.1 Å². The van der Waals surface area contributed by atoms with Crippen molar-refractivity contribution < 1.29 is 4.74 Å². The third-order valence-corrected chi connectivity index (χ3v) is 3.13. The van der Waals surface area contributed by atoms with Crippen molar-refractivity contribution in [3.8, 4) is 0 Å². The van der Waals surface area contributed by atoms with E-state index in [4.69, 9.17) is 10.5 Å². The maximum absolute atomic E-state index is 5.69. The third kappa shape index (κ3) is 2.14. The molecule has 18 heavy (non-hydrogen) atoms. The Hall–Kier alpha value is -1.72. The van der Waals surface area contributed by atoms with Gasteiger partial charge < -0.3 is 10.5 Å². The van der Waals surface area contributed by atoms with Gasteiger partial charge in [-0.3, -0.25) is 9.67 Å². The van der Waals surface area contributed by atoms with Crippen LogP contribution in [0.5, 0.6) is 0 Å². The summed E-state index contributed by atoms with van der Waals surface area (Å²) in [5, 5.41) is 4.57. The lowest BCUT2D eigenvalue weighted by molar-refractivity contribution is 0.0454. The van der Waals surface area contributed by atoms with Crippen LogP contribution in [0.4, 0.5) is 0 Å². The number of fused-ring (bicyclic) bond motifs is 1. The second kappa shape index (κ2) is 4.88. The van der Waals surface area contributed by atoms with Crippen molar-refractivity contribution in [1.29, 1.82) is 0 Å². The number of nitrogens with zero attached hydrogens (tertiary/aromatic N) is 3. The number of hydrogen-bond acceptors (Lipinski definition) is 4. The predicted molar refractivity (Wildman–Crippen MR) is 67.0 cm³/mol. The van der Waals surface area contributed by atoms with E-state index >= 15 is 0 Å². The number of ether oxygens (including phenoxy) is 1. The molecule has 0 bridgehead atoms. The van der Waals surface area contributed by atoms with Crippen molar-refractivity contribution in [1.82, 2.24) is 14.8 Å². The highest BCUT2D eigenvalue weighted by Gasteiger charge is 2.23. The highest BCUT2D eigenvalue weighted by atomic mass is 16.5. The standard InChI is InChI=1S/C13H16N4O/c14-7-12-13-10(4-6-18-12)8-17(16-13)9-11-3-1-2-5-15-11/h1-3,5,8,12H,4,6-7,9,14H2/t12-/m1/s1. The number of nitrogens with two attached hydrogens (primary N) is 1. The largest absolute Gasteiger partial charge is 0.370 e. The Bertz CT molecular complexity index is 523. The zero-order valence-electron chi connectivity index (χ0n) is 10.1. The van der Waals surface area contributed by atoms with E-state index in [1.54, 1.807) is 6.20 Å². The molecule has 5 heteroatoms. The minimum absolute atomic E-state index is 0.0567. The molecule has 2 aromatic rings. The molecule has 1 aliphatic heterocycles. The fraction of sp³-hybridized carbons (Fsp3) is 0.385. The fourth-order valence-corrected chi connectivity index (χ4v) is 2.25. The molecule has 2 N–H and O–H groups in total. The highest BCUT2D eigenvalue weighted by molar-refractivity contribution is 5.22. The molecule has 0 fully saturated rings. The van der Waals surface area contributed by atoms with E-state index in [1.807, 2.05) is 22.9 Å². The van der Waals surface area contributed by atoms with Crippen LogP contribution in [-0.4, -0.2) is 27.9 Å². The van der Waals surface area contributed by atoms with E-state index in [0.29, 0.717) is 13.1 Å². The van der Waals surface area contributed by atoms with Crippen molar-refractivity contribution in [3.05, 3.63) is 47.5 Å².